The Labute approximate surface area is 127 Å². The molecule has 0 fully saturated rings. The SMILES string of the molecule is CCC[C@H](C)C(=O)NC(c1ccccc1)c1ccccc1. The minimum Gasteiger partial charge on any atom is -0.345 e. The number of amides is 1. The Bertz CT molecular complexity index is 511. The molecule has 0 aliphatic heterocycles. The molecule has 1 amide bonds. The van der Waals surface area contributed by atoms with Crippen molar-refractivity contribution in [3.63, 3.8) is 0 Å². The van der Waals surface area contributed by atoms with Gasteiger partial charge in [-0.15, -0.1) is 0 Å². The van der Waals surface area contributed by atoms with Crippen LogP contribution >= 0.6 is 0 Å². The van der Waals surface area contributed by atoms with Crippen molar-refractivity contribution in [3.8, 4) is 0 Å². The summed E-state index contributed by atoms with van der Waals surface area (Å²) >= 11 is 0. The fraction of sp³-hybridized carbons (Fsp3) is 0.316. The quantitative estimate of drug-likeness (QED) is 0.839. The van der Waals surface area contributed by atoms with Gasteiger partial charge < -0.3 is 5.32 Å². The van der Waals surface area contributed by atoms with E-state index in [1.54, 1.807) is 0 Å². The molecule has 1 N–H and O–H groups in total. The summed E-state index contributed by atoms with van der Waals surface area (Å²) in [5.41, 5.74) is 2.22. The average Bonchev–Trinajstić information content (AvgIpc) is 2.54. The monoisotopic (exact) mass is 281 g/mol. The van der Waals surface area contributed by atoms with Crippen molar-refractivity contribution in [2.24, 2.45) is 5.92 Å². The zero-order chi connectivity index (χ0) is 15.1. The second-order valence-corrected chi connectivity index (χ2v) is 5.45. The van der Waals surface area contributed by atoms with Gasteiger partial charge in [0.2, 0.25) is 5.91 Å². The summed E-state index contributed by atoms with van der Waals surface area (Å²) < 4.78 is 0. The number of hydrogen-bond donors (Lipinski definition) is 1. The van der Waals surface area contributed by atoms with Gasteiger partial charge in [0, 0.05) is 5.92 Å². The minimum absolute atomic E-state index is 0.0462. The van der Waals surface area contributed by atoms with E-state index < -0.39 is 0 Å². The van der Waals surface area contributed by atoms with Crippen molar-refractivity contribution in [1.29, 1.82) is 0 Å². The standard InChI is InChI=1S/C19H23NO/c1-3-10-15(2)19(21)20-18(16-11-6-4-7-12-16)17-13-8-5-9-14-17/h4-9,11-15,18H,3,10H2,1-2H3,(H,20,21)/t15-/m0/s1. The molecular formula is C19H23NO. The normalized spacial score (nSPS) is 12.1. The van der Waals surface area contributed by atoms with Gasteiger partial charge in [-0.1, -0.05) is 80.9 Å². The molecule has 2 heteroatoms. The van der Waals surface area contributed by atoms with Crippen molar-refractivity contribution in [1.82, 2.24) is 5.32 Å². The van der Waals surface area contributed by atoms with Gasteiger partial charge in [0.25, 0.3) is 0 Å². The minimum atomic E-state index is -0.0841. The van der Waals surface area contributed by atoms with Gasteiger partial charge in [-0.2, -0.15) is 0 Å². The topological polar surface area (TPSA) is 29.1 Å². The third-order valence-corrected chi connectivity index (χ3v) is 3.72. The fourth-order valence-electron chi connectivity index (χ4n) is 2.50. The number of carbonyl (C=O) groups excluding carboxylic acids is 1. The smallest absolute Gasteiger partial charge is 0.223 e. The highest BCUT2D eigenvalue weighted by Gasteiger charge is 2.19. The van der Waals surface area contributed by atoms with Crippen molar-refractivity contribution in [2.45, 2.75) is 32.7 Å². The Morgan fingerprint density at radius 2 is 1.43 bits per heavy atom. The van der Waals surface area contributed by atoms with Crippen LogP contribution in [0.4, 0.5) is 0 Å². The lowest BCUT2D eigenvalue weighted by atomic mass is 9.97. The Morgan fingerprint density at radius 1 is 0.952 bits per heavy atom. The highest BCUT2D eigenvalue weighted by Crippen LogP contribution is 2.22. The van der Waals surface area contributed by atoms with Crippen molar-refractivity contribution in [3.05, 3.63) is 71.8 Å². The highest BCUT2D eigenvalue weighted by atomic mass is 16.1. The van der Waals surface area contributed by atoms with Gasteiger partial charge in [0.1, 0.15) is 0 Å². The van der Waals surface area contributed by atoms with Crippen LogP contribution < -0.4 is 5.32 Å². The molecule has 0 radical (unpaired) electrons. The summed E-state index contributed by atoms with van der Waals surface area (Å²) in [6.45, 7) is 4.10. The predicted octanol–water partition coefficient (Wildman–Crippen LogP) is 4.33. The van der Waals surface area contributed by atoms with E-state index in [0.29, 0.717) is 0 Å². The molecule has 0 heterocycles. The molecule has 0 saturated heterocycles. The van der Waals surface area contributed by atoms with Gasteiger partial charge in [-0.3, -0.25) is 4.79 Å². The van der Waals surface area contributed by atoms with Crippen LogP contribution in [0.25, 0.3) is 0 Å². The van der Waals surface area contributed by atoms with Crippen LogP contribution in [0, 0.1) is 5.92 Å². The van der Waals surface area contributed by atoms with Crippen LogP contribution in [0.1, 0.15) is 43.9 Å². The molecule has 0 saturated carbocycles. The summed E-state index contributed by atoms with van der Waals surface area (Å²) in [5.74, 6) is 0.166. The van der Waals surface area contributed by atoms with Crippen LogP contribution in [0.15, 0.2) is 60.7 Å². The van der Waals surface area contributed by atoms with Crippen molar-refractivity contribution in [2.75, 3.05) is 0 Å². The first kappa shape index (κ1) is 15.3. The fourth-order valence-corrected chi connectivity index (χ4v) is 2.50. The molecular weight excluding hydrogens is 258 g/mol. The van der Waals surface area contributed by atoms with E-state index in [1.165, 1.54) is 0 Å². The first-order valence-electron chi connectivity index (χ1n) is 7.62. The molecule has 0 aromatic heterocycles. The molecule has 21 heavy (non-hydrogen) atoms. The van der Waals surface area contributed by atoms with Gasteiger partial charge in [-0.05, 0) is 17.5 Å². The second kappa shape index (κ2) is 7.63. The van der Waals surface area contributed by atoms with Crippen molar-refractivity contribution >= 4 is 5.91 Å². The number of benzene rings is 2. The zero-order valence-corrected chi connectivity index (χ0v) is 12.8. The van der Waals surface area contributed by atoms with Crippen LogP contribution in [-0.4, -0.2) is 5.91 Å². The number of carbonyl (C=O) groups is 1. The maximum Gasteiger partial charge on any atom is 0.223 e. The number of nitrogens with one attached hydrogen (secondary N) is 1. The Kier molecular flexibility index (Phi) is 5.56. The van der Waals surface area contributed by atoms with E-state index in [1.807, 2.05) is 43.3 Å². The molecule has 2 rings (SSSR count). The Hall–Kier alpha value is -2.09. The van der Waals surface area contributed by atoms with Crippen LogP contribution in [0.3, 0.4) is 0 Å². The van der Waals surface area contributed by atoms with Gasteiger partial charge in [0.05, 0.1) is 6.04 Å². The molecule has 0 aliphatic rings. The summed E-state index contributed by atoms with van der Waals surface area (Å²) in [4.78, 5) is 12.4. The lowest BCUT2D eigenvalue weighted by Crippen LogP contribution is -2.33. The average molecular weight is 281 g/mol. The Morgan fingerprint density at radius 3 is 1.86 bits per heavy atom. The maximum absolute atomic E-state index is 12.4. The Balaban J connectivity index is 2.23. The maximum atomic E-state index is 12.4. The van der Waals surface area contributed by atoms with E-state index in [2.05, 4.69) is 36.5 Å². The van der Waals surface area contributed by atoms with E-state index in [-0.39, 0.29) is 17.9 Å². The number of rotatable bonds is 6. The largest absolute Gasteiger partial charge is 0.345 e. The summed E-state index contributed by atoms with van der Waals surface area (Å²) in [6, 6.07) is 20.2. The van der Waals surface area contributed by atoms with Crippen LogP contribution in [-0.2, 0) is 4.79 Å². The van der Waals surface area contributed by atoms with E-state index >= 15 is 0 Å². The molecule has 0 aliphatic carbocycles. The van der Waals surface area contributed by atoms with Crippen molar-refractivity contribution < 1.29 is 4.79 Å². The molecule has 2 aromatic rings. The number of hydrogen-bond acceptors (Lipinski definition) is 1. The summed E-state index contributed by atoms with van der Waals surface area (Å²) in [5, 5.41) is 3.20. The molecule has 2 aromatic carbocycles. The third kappa shape index (κ3) is 4.19. The summed E-state index contributed by atoms with van der Waals surface area (Å²) in [6.07, 6.45) is 1.94. The lowest BCUT2D eigenvalue weighted by Gasteiger charge is -2.22. The van der Waals surface area contributed by atoms with Crippen LogP contribution in [0.2, 0.25) is 0 Å². The molecule has 0 bridgehead atoms. The molecule has 0 unspecified atom stereocenters. The van der Waals surface area contributed by atoms with E-state index in [0.717, 1.165) is 24.0 Å². The first-order valence-corrected chi connectivity index (χ1v) is 7.62. The first-order chi connectivity index (χ1) is 10.2. The lowest BCUT2D eigenvalue weighted by molar-refractivity contribution is -0.125. The zero-order valence-electron chi connectivity index (χ0n) is 12.8. The second-order valence-electron chi connectivity index (χ2n) is 5.45. The highest BCUT2D eigenvalue weighted by molar-refractivity contribution is 5.79. The van der Waals surface area contributed by atoms with Gasteiger partial charge in [-0.25, -0.2) is 0 Å². The van der Waals surface area contributed by atoms with E-state index in [4.69, 9.17) is 0 Å². The van der Waals surface area contributed by atoms with E-state index in [9.17, 15) is 4.79 Å². The third-order valence-electron chi connectivity index (χ3n) is 3.72. The summed E-state index contributed by atoms with van der Waals surface area (Å²) in [7, 11) is 0. The van der Waals surface area contributed by atoms with Gasteiger partial charge >= 0.3 is 0 Å². The molecule has 1 atom stereocenters. The molecule has 0 spiro atoms. The predicted molar refractivity (Wildman–Crippen MR) is 86.9 cm³/mol. The van der Waals surface area contributed by atoms with Crippen LogP contribution in [0.5, 0.6) is 0 Å². The molecule has 2 nitrogen and oxygen atoms in total. The van der Waals surface area contributed by atoms with Gasteiger partial charge in [0.15, 0.2) is 0 Å². The molecule has 110 valence electrons.